The summed E-state index contributed by atoms with van der Waals surface area (Å²) in [4.78, 5) is 41.6. The normalized spacial score (nSPS) is 11.7. The van der Waals surface area contributed by atoms with E-state index in [-0.39, 0.29) is 25.2 Å². The van der Waals surface area contributed by atoms with Crippen LogP contribution in [0.4, 0.5) is 0 Å². The SMILES string of the molecule is CCCCCCCCCCCCCCCCCC(=O)OCC(COC(=O)c1cccnc1)OC(=O)CCCCCCCCCCCCCCCCC. The highest BCUT2D eigenvalue weighted by atomic mass is 16.6. The first kappa shape index (κ1) is 47.6. The van der Waals surface area contributed by atoms with Gasteiger partial charge in [0.15, 0.2) is 6.10 Å². The lowest BCUT2D eigenvalue weighted by molar-refractivity contribution is -0.161. The second-order valence-electron chi connectivity index (χ2n) is 15.0. The molecule has 0 aliphatic carbocycles. The first-order valence-corrected chi connectivity index (χ1v) is 22.0. The van der Waals surface area contributed by atoms with E-state index < -0.39 is 12.1 Å². The van der Waals surface area contributed by atoms with E-state index in [9.17, 15) is 14.4 Å². The van der Waals surface area contributed by atoms with E-state index in [2.05, 4.69) is 18.8 Å². The Bertz CT molecular complexity index is 954. The van der Waals surface area contributed by atoms with Gasteiger partial charge < -0.3 is 14.2 Å². The van der Waals surface area contributed by atoms with Crippen molar-refractivity contribution in [3.63, 3.8) is 0 Å². The van der Waals surface area contributed by atoms with E-state index in [1.54, 1.807) is 18.3 Å². The quantitative estimate of drug-likeness (QED) is 0.0380. The molecule has 0 aliphatic rings. The second-order valence-corrected chi connectivity index (χ2v) is 15.0. The van der Waals surface area contributed by atoms with Crippen LogP contribution in [0.2, 0.25) is 0 Å². The van der Waals surface area contributed by atoms with E-state index >= 15 is 0 Å². The summed E-state index contributed by atoms with van der Waals surface area (Å²) in [7, 11) is 0. The molecule has 0 amide bonds. The van der Waals surface area contributed by atoms with Crippen molar-refractivity contribution < 1.29 is 28.6 Å². The fraction of sp³-hybridized carbons (Fsp3) is 0.822. The van der Waals surface area contributed by atoms with E-state index in [1.807, 2.05) is 0 Å². The van der Waals surface area contributed by atoms with Crippen LogP contribution in [0.3, 0.4) is 0 Å². The Morgan fingerprint density at radius 2 is 0.865 bits per heavy atom. The van der Waals surface area contributed by atoms with Crippen molar-refractivity contribution in [2.24, 2.45) is 0 Å². The van der Waals surface area contributed by atoms with Crippen LogP contribution in [-0.4, -0.2) is 42.2 Å². The zero-order valence-electron chi connectivity index (χ0n) is 33.8. The summed E-state index contributed by atoms with van der Waals surface area (Å²) in [5.74, 6) is -1.21. The van der Waals surface area contributed by atoms with Gasteiger partial charge in [-0.05, 0) is 25.0 Å². The molecule has 1 heterocycles. The minimum Gasteiger partial charge on any atom is -0.462 e. The number of rotatable bonds is 38. The molecule has 0 aromatic carbocycles. The number of ether oxygens (including phenoxy) is 3. The van der Waals surface area contributed by atoms with Crippen molar-refractivity contribution in [1.29, 1.82) is 0 Å². The van der Waals surface area contributed by atoms with Gasteiger partial charge in [-0.2, -0.15) is 0 Å². The summed E-state index contributed by atoms with van der Waals surface area (Å²) >= 11 is 0. The molecule has 300 valence electrons. The van der Waals surface area contributed by atoms with Crippen molar-refractivity contribution in [2.45, 2.75) is 225 Å². The Labute approximate surface area is 319 Å². The average Bonchev–Trinajstić information content (AvgIpc) is 3.16. The molecule has 7 nitrogen and oxygen atoms in total. The van der Waals surface area contributed by atoms with Gasteiger partial charge >= 0.3 is 17.9 Å². The number of unbranched alkanes of at least 4 members (excludes halogenated alkanes) is 28. The highest BCUT2D eigenvalue weighted by Crippen LogP contribution is 2.16. The molecule has 0 saturated carbocycles. The predicted octanol–water partition coefficient (Wildman–Crippen LogP) is 13.2. The predicted molar refractivity (Wildman–Crippen MR) is 214 cm³/mol. The summed E-state index contributed by atoms with van der Waals surface area (Å²) in [5, 5.41) is 0. The zero-order chi connectivity index (χ0) is 37.6. The van der Waals surface area contributed by atoms with Crippen molar-refractivity contribution in [3.05, 3.63) is 30.1 Å². The van der Waals surface area contributed by atoms with Gasteiger partial charge in [-0.15, -0.1) is 0 Å². The van der Waals surface area contributed by atoms with Gasteiger partial charge in [-0.25, -0.2) is 4.79 Å². The molecule has 1 aromatic rings. The number of pyridine rings is 1. The van der Waals surface area contributed by atoms with Crippen LogP contribution < -0.4 is 0 Å². The van der Waals surface area contributed by atoms with Crippen LogP contribution >= 0.6 is 0 Å². The summed E-state index contributed by atoms with van der Waals surface area (Å²) in [6.45, 7) is 4.23. The molecule has 1 aromatic heterocycles. The molecule has 52 heavy (non-hydrogen) atoms. The molecule has 0 saturated heterocycles. The number of hydrogen-bond donors (Lipinski definition) is 0. The number of nitrogens with zero attached hydrogens (tertiary/aromatic N) is 1. The van der Waals surface area contributed by atoms with Gasteiger partial charge in [-0.3, -0.25) is 14.6 Å². The third-order valence-electron chi connectivity index (χ3n) is 9.99. The highest BCUT2D eigenvalue weighted by molar-refractivity contribution is 5.88. The summed E-state index contributed by atoms with van der Waals surface area (Å²) in [6.07, 6.45) is 40.8. The lowest BCUT2D eigenvalue weighted by Crippen LogP contribution is -2.31. The zero-order valence-corrected chi connectivity index (χ0v) is 33.8. The second kappa shape index (κ2) is 36.9. The fourth-order valence-electron chi connectivity index (χ4n) is 6.64. The van der Waals surface area contributed by atoms with Crippen molar-refractivity contribution in [3.8, 4) is 0 Å². The molecule has 0 aliphatic heterocycles. The van der Waals surface area contributed by atoms with Crippen LogP contribution in [-0.2, 0) is 23.8 Å². The molecule has 0 spiro atoms. The summed E-state index contributed by atoms with van der Waals surface area (Å²) in [5.41, 5.74) is 0.315. The van der Waals surface area contributed by atoms with Gasteiger partial charge in [0.2, 0.25) is 0 Å². The standard InChI is InChI=1S/C45H79NO6/c1-3-5-7-9-11-13-15-17-19-21-23-25-27-29-31-35-43(47)50-39-42(40-51-45(49)41-34-33-37-46-38-41)52-44(48)36-32-30-28-26-24-22-20-18-16-14-12-10-8-6-4-2/h33-34,37-38,42H,3-32,35-36,39-40H2,1-2H3. The van der Waals surface area contributed by atoms with Crippen LogP contribution in [0.15, 0.2) is 24.5 Å². The fourth-order valence-corrected chi connectivity index (χ4v) is 6.64. The molecule has 1 unspecified atom stereocenters. The average molecular weight is 730 g/mol. The van der Waals surface area contributed by atoms with Gasteiger partial charge in [0.1, 0.15) is 13.2 Å². The highest BCUT2D eigenvalue weighted by Gasteiger charge is 2.20. The Morgan fingerprint density at radius 3 is 1.25 bits per heavy atom. The lowest BCUT2D eigenvalue weighted by Gasteiger charge is -2.18. The minimum atomic E-state index is -0.838. The Hall–Kier alpha value is -2.44. The van der Waals surface area contributed by atoms with E-state index in [1.165, 1.54) is 160 Å². The van der Waals surface area contributed by atoms with E-state index in [0.29, 0.717) is 18.4 Å². The molecule has 0 N–H and O–H groups in total. The third kappa shape index (κ3) is 31.1. The van der Waals surface area contributed by atoms with Crippen molar-refractivity contribution in [1.82, 2.24) is 4.98 Å². The largest absolute Gasteiger partial charge is 0.462 e. The van der Waals surface area contributed by atoms with Crippen molar-refractivity contribution >= 4 is 17.9 Å². The maximum absolute atomic E-state index is 12.7. The van der Waals surface area contributed by atoms with Crippen molar-refractivity contribution in [2.75, 3.05) is 13.2 Å². The Kier molecular flexibility index (Phi) is 33.8. The van der Waals surface area contributed by atoms with Gasteiger partial charge in [0.05, 0.1) is 5.56 Å². The third-order valence-corrected chi connectivity index (χ3v) is 9.99. The Morgan fingerprint density at radius 1 is 0.500 bits per heavy atom. The monoisotopic (exact) mass is 730 g/mol. The van der Waals surface area contributed by atoms with Crippen LogP contribution in [0, 0.1) is 0 Å². The summed E-state index contributed by atoms with van der Waals surface area (Å²) < 4.78 is 16.5. The van der Waals surface area contributed by atoms with Gasteiger partial charge in [-0.1, -0.05) is 194 Å². The molecule has 0 fully saturated rings. The molecule has 1 rings (SSSR count). The molecular weight excluding hydrogens is 650 g/mol. The van der Waals surface area contributed by atoms with Crippen LogP contribution in [0.1, 0.15) is 230 Å². The molecule has 0 radical (unpaired) electrons. The molecule has 1 atom stereocenters. The first-order chi connectivity index (χ1) is 25.6. The number of carbonyl (C=O) groups is 3. The van der Waals surface area contributed by atoms with E-state index in [4.69, 9.17) is 14.2 Å². The summed E-state index contributed by atoms with van der Waals surface area (Å²) in [6, 6.07) is 3.27. The smallest absolute Gasteiger partial charge is 0.339 e. The molecule has 0 bridgehead atoms. The van der Waals surface area contributed by atoms with Gasteiger partial charge in [0.25, 0.3) is 0 Å². The topological polar surface area (TPSA) is 91.8 Å². The lowest BCUT2D eigenvalue weighted by atomic mass is 10.0. The number of esters is 3. The minimum absolute atomic E-state index is 0.123. The molecule has 7 heteroatoms. The van der Waals surface area contributed by atoms with Crippen LogP contribution in [0.25, 0.3) is 0 Å². The van der Waals surface area contributed by atoms with E-state index in [0.717, 1.165) is 38.5 Å². The number of carbonyl (C=O) groups excluding carboxylic acids is 3. The van der Waals surface area contributed by atoms with Gasteiger partial charge in [0, 0.05) is 25.2 Å². The maximum Gasteiger partial charge on any atom is 0.339 e. The molecular formula is C45H79NO6. The Balaban J connectivity index is 2.19. The maximum atomic E-state index is 12.7. The number of hydrogen-bond acceptors (Lipinski definition) is 7. The van der Waals surface area contributed by atoms with Crippen LogP contribution in [0.5, 0.6) is 0 Å². The number of aromatic nitrogens is 1. The first-order valence-electron chi connectivity index (χ1n) is 22.0.